The highest BCUT2D eigenvalue weighted by Gasteiger charge is 2.45. The molecule has 0 radical (unpaired) electrons. The predicted octanol–water partition coefficient (Wildman–Crippen LogP) is 1.73. The van der Waals surface area contributed by atoms with Gasteiger partial charge >= 0.3 is 0 Å². The number of aliphatic hydroxyl groups excluding tert-OH is 1. The first-order chi connectivity index (χ1) is 17.9. The van der Waals surface area contributed by atoms with Crippen LogP contribution in [0.2, 0.25) is 5.02 Å². The van der Waals surface area contributed by atoms with Crippen LogP contribution in [0.4, 0.5) is 4.39 Å². The fraction of sp³-hybridized carbons (Fsp3) is 0.500. The molecular weight excluding hydrogens is 561 g/mol. The van der Waals surface area contributed by atoms with Crippen LogP contribution in [0.15, 0.2) is 52.3 Å². The van der Waals surface area contributed by atoms with Crippen molar-refractivity contribution in [1.82, 2.24) is 14.3 Å². The van der Waals surface area contributed by atoms with E-state index in [1.54, 1.807) is 12.1 Å². The van der Waals surface area contributed by atoms with Gasteiger partial charge in [0.1, 0.15) is 29.2 Å². The van der Waals surface area contributed by atoms with Crippen LogP contribution in [-0.2, 0) is 24.8 Å². The molecule has 0 amide bonds. The lowest BCUT2D eigenvalue weighted by Crippen LogP contribution is -2.47. The van der Waals surface area contributed by atoms with Crippen molar-refractivity contribution in [3.05, 3.63) is 53.3 Å². The van der Waals surface area contributed by atoms with Gasteiger partial charge < -0.3 is 19.9 Å². The van der Waals surface area contributed by atoms with Gasteiger partial charge in [0.05, 0.1) is 22.1 Å². The van der Waals surface area contributed by atoms with Crippen LogP contribution in [0.5, 0.6) is 5.75 Å². The van der Waals surface area contributed by atoms with E-state index in [1.165, 1.54) is 29.6 Å². The topological polar surface area (TPSA) is 134 Å². The van der Waals surface area contributed by atoms with Crippen molar-refractivity contribution in [2.75, 3.05) is 39.9 Å². The average molecular weight is 592 g/mol. The Morgan fingerprint density at radius 2 is 1.95 bits per heavy atom. The van der Waals surface area contributed by atoms with Crippen LogP contribution in [0, 0.1) is 5.82 Å². The maximum Gasteiger partial charge on any atom is 0.244 e. The number of benzene rings is 2. The second-order valence-corrected chi connectivity index (χ2v) is 13.6. The van der Waals surface area contributed by atoms with E-state index < -0.39 is 37.6 Å². The first-order valence-corrected chi connectivity index (χ1v) is 15.4. The molecule has 0 aromatic heterocycles. The second-order valence-electron chi connectivity index (χ2n) is 9.43. The Morgan fingerprint density at radius 1 is 1.21 bits per heavy atom. The van der Waals surface area contributed by atoms with Crippen molar-refractivity contribution >= 4 is 31.6 Å². The minimum absolute atomic E-state index is 0.0219. The fourth-order valence-corrected chi connectivity index (χ4v) is 7.37. The van der Waals surface area contributed by atoms with E-state index in [0.717, 1.165) is 12.1 Å². The van der Waals surface area contributed by atoms with Crippen LogP contribution in [-0.4, -0.2) is 83.9 Å². The zero-order valence-corrected chi connectivity index (χ0v) is 23.2. The van der Waals surface area contributed by atoms with E-state index in [4.69, 9.17) is 21.1 Å². The highest BCUT2D eigenvalue weighted by molar-refractivity contribution is 7.89. The first kappa shape index (κ1) is 29.2. The van der Waals surface area contributed by atoms with Gasteiger partial charge in [0, 0.05) is 31.7 Å². The molecule has 2 aliphatic heterocycles. The SMILES string of the molecule is CNS(=O)(=O)c1cccc(OCC(O)CNC2COC3(CCN(S(=O)(=O)c4cc(F)ccc4Cl)CC3)C2)c1. The van der Waals surface area contributed by atoms with E-state index in [2.05, 4.69) is 10.0 Å². The summed E-state index contributed by atoms with van der Waals surface area (Å²) in [4.78, 5) is -0.176. The van der Waals surface area contributed by atoms with E-state index in [0.29, 0.717) is 31.6 Å². The van der Waals surface area contributed by atoms with Crippen molar-refractivity contribution < 1.29 is 35.8 Å². The maximum absolute atomic E-state index is 13.6. The molecule has 10 nitrogen and oxygen atoms in total. The zero-order valence-electron chi connectivity index (χ0n) is 20.8. The van der Waals surface area contributed by atoms with Gasteiger partial charge in [0.2, 0.25) is 20.0 Å². The number of sulfonamides is 2. The molecule has 2 heterocycles. The Kier molecular flexibility index (Phi) is 8.99. The summed E-state index contributed by atoms with van der Waals surface area (Å²) in [6, 6.07) is 9.25. The first-order valence-electron chi connectivity index (χ1n) is 12.1. The van der Waals surface area contributed by atoms with Crippen molar-refractivity contribution in [1.29, 1.82) is 0 Å². The fourth-order valence-electron chi connectivity index (χ4n) is 4.67. The summed E-state index contributed by atoms with van der Waals surface area (Å²) in [7, 11) is -6.21. The molecule has 3 N–H and O–H groups in total. The average Bonchev–Trinajstić information content (AvgIpc) is 3.30. The zero-order chi connectivity index (χ0) is 27.6. The van der Waals surface area contributed by atoms with Gasteiger partial charge in [-0.3, -0.25) is 0 Å². The Bertz CT molecular complexity index is 1350. The Balaban J connectivity index is 1.24. The number of rotatable bonds is 10. The van der Waals surface area contributed by atoms with E-state index >= 15 is 0 Å². The number of piperidine rings is 1. The maximum atomic E-state index is 13.6. The molecule has 0 bridgehead atoms. The highest BCUT2D eigenvalue weighted by Crippen LogP contribution is 2.38. The van der Waals surface area contributed by atoms with Gasteiger partial charge in [0.15, 0.2) is 0 Å². The molecule has 210 valence electrons. The molecule has 2 aliphatic rings. The normalized spacial score (nSPS) is 21.0. The molecule has 2 fully saturated rings. The molecule has 0 aliphatic carbocycles. The molecule has 0 saturated carbocycles. The van der Waals surface area contributed by atoms with Crippen molar-refractivity contribution in [3.8, 4) is 5.75 Å². The summed E-state index contributed by atoms with van der Waals surface area (Å²) in [5.41, 5.74) is -0.476. The molecule has 2 saturated heterocycles. The van der Waals surface area contributed by atoms with Crippen LogP contribution < -0.4 is 14.8 Å². The number of aliphatic hydroxyl groups is 1. The van der Waals surface area contributed by atoms with Crippen molar-refractivity contribution in [3.63, 3.8) is 0 Å². The minimum atomic E-state index is -3.93. The standard InChI is InChI=1S/C24H31ClFN3O7S2/c1-27-37(31,32)21-4-2-3-20(12-21)35-16-19(30)14-28-18-13-24(36-15-18)7-9-29(10-8-24)38(33,34)23-11-17(26)5-6-22(23)25/h2-6,11-12,18-19,27-28,30H,7-10,13-16H2,1H3. The Labute approximate surface area is 227 Å². The molecule has 14 heteroatoms. The third-order valence-electron chi connectivity index (χ3n) is 6.82. The van der Waals surface area contributed by atoms with Gasteiger partial charge in [-0.1, -0.05) is 17.7 Å². The summed E-state index contributed by atoms with van der Waals surface area (Å²) in [5.74, 6) is -0.345. The Morgan fingerprint density at radius 3 is 2.66 bits per heavy atom. The lowest BCUT2D eigenvalue weighted by atomic mass is 9.88. The predicted molar refractivity (Wildman–Crippen MR) is 139 cm³/mol. The largest absolute Gasteiger partial charge is 0.491 e. The number of hydrogen-bond acceptors (Lipinski definition) is 8. The summed E-state index contributed by atoms with van der Waals surface area (Å²) in [5, 5.41) is 13.6. The molecule has 2 unspecified atom stereocenters. The van der Waals surface area contributed by atoms with Crippen molar-refractivity contribution in [2.45, 2.75) is 46.8 Å². The van der Waals surface area contributed by atoms with Gasteiger partial charge in [0.25, 0.3) is 0 Å². The molecule has 1 spiro atoms. The molecule has 4 rings (SSSR count). The van der Waals surface area contributed by atoms with E-state index in [1.807, 2.05) is 0 Å². The van der Waals surface area contributed by atoms with Crippen LogP contribution >= 0.6 is 11.6 Å². The number of ether oxygens (including phenoxy) is 2. The molecule has 38 heavy (non-hydrogen) atoms. The molecular formula is C24H31ClFN3O7S2. The summed E-state index contributed by atoms with van der Waals surface area (Å²) in [6.07, 6.45) is 0.766. The molecule has 2 aromatic carbocycles. The highest BCUT2D eigenvalue weighted by atomic mass is 35.5. The number of nitrogens with one attached hydrogen (secondary N) is 2. The van der Waals surface area contributed by atoms with Crippen molar-refractivity contribution in [2.24, 2.45) is 0 Å². The number of halogens is 2. The smallest absolute Gasteiger partial charge is 0.244 e. The van der Waals surface area contributed by atoms with Gasteiger partial charge in [-0.2, -0.15) is 4.31 Å². The monoisotopic (exact) mass is 591 g/mol. The number of hydrogen-bond donors (Lipinski definition) is 3. The summed E-state index contributed by atoms with van der Waals surface area (Å²) in [6.45, 7) is 1.06. The molecule has 2 aromatic rings. The van der Waals surface area contributed by atoms with Crippen LogP contribution in [0.1, 0.15) is 19.3 Å². The number of nitrogens with zero attached hydrogens (tertiary/aromatic N) is 1. The summed E-state index contributed by atoms with van der Waals surface area (Å²) < 4.78 is 78.7. The third kappa shape index (κ3) is 6.65. The third-order valence-corrected chi connectivity index (χ3v) is 10.6. The van der Waals surface area contributed by atoms with Gasteiger partial charge in [-0.05, 0) is 56.6 Å². The lowest BCUT2D eigenvalue weighted by Gasteiger charge is -2.38. The summed E-state index contributed by atoms with van der Waals surface area (Å²) >= 11 is 6.03. The lowest BCUT2D eigenvalue weighted by molar-refractivity contribution is -0.0312. The van der Waals surface area contributed by atoms with Gasteiger partial charge in [-0.25, -0.2) is 25.9 Å². The molecule has 2 atom stereocenters. The van der Waals surface area contributed by atoms with Crippen LogP contribution in [0.25, 0.3) is 0 Å². The van der Waals surface area contributed by atoms with Crippen LogP contribution in [0.3, 0.4) is 0 Å². The van der Waals surface area contributed by atoms with Gasteiger partial charge in [-0.15, -0.1) is 0 Å². The van der Waals surface area contributed by atoms with E-state index in [9.17, 15) is 26.3 Å². The van der Waals surface area contributed by atoms with E-state index in [-0.39, 0.29) is 47.1 Å². The second kappa shape index (κ2) is 11.7. The minimum Gasteiger partial charge on any atom is -0.491 e. The quantitative estimate of drug-likeness (QED) is 0.380. The Hall–Kier alpha value is -1.84.